The number of hydrogen-bond donors (Lipinski definition) is 0. The highest BCUT2D eigenvalue weighted by Gasteiger charge is 2.25. The van der Waals surface area contributed by atoms with Crippen LogP contribution < -0.4 is 9.47 Å². The van der Waals surface area contributed by atoms with Crippen molar-refractivity contribution in [2.24, 2.45) is 0 Å². The molecule has 2 heterocycles. The number of carbonyl (C=O) groups excluding carboxylic acids is 1. The summed E-state index contributed by atoms with van der Waals surface area (Å²) in [7, 11) is 0. The molecule has 0 N–H and O–H groups in total. The first kappa shape index (κ1) is 24.6. The van der Waals surface area contributed by atoms with Crippen molar-refractivity contribution in [3.05, 3.63) is 82.6 Å². The van der Waals surface area contributed by atoms with Crippen LogP contribution in [0, 0.1) is 5.82 Å². The second-order valence-corrected chi connectivity index (χ2v) is 9.68. The van der Waals surface area contributed by atoms with Gasteiger partial charge < -0.3 is 19.1 Å². The lowest BCUT2D eigenvalue weighted by Gasteiger charge is -2.24. The minimum absolute atomic E-state index is 0.0377. The topological polar surface area (TPSA) is 48.0 Å². The first-order valence-electron chi connectivity index (χ1n) is 12.4. The Hall–Kier alpha value is -3.09. The average molecular weight is 510 g/mol. The molecule has 1 atom stereocenters. The second-order valence-electron chi connectivity index (χ2n) is 9.24. The van der Waals surface area contributed by atoms with E-state index in [0.717, 1.165) is 48.1 Å². The first-order valence-corrected chi connectivity index (χ1v) is 12.8. The summed E-state index contributed by atoms with van der Waals surface area (Å²) in [6.07, 6.45) is 3.45. The van der Waals surface area contributed by atoms with Crippen molar-refractivity contribution >= 4 is 17.5 Å². The van der Waals surface area contributed by atoms with Crippen LogP contribution in [0.15, 0.2) is 60.7 Å². The van der Waals surface area contributed by atoms with E-state index in [4.69, 9.17) is 25.8 Å². The Morgan fingerprint density at radius 3 is 2.69 bits per heavy atom. The SMILES string of the molecule is O=C(Cc1ccc(F)cc1)N1CCOc2c(cc(-c3cccc(Cl)c3)cc2OC[C@H]2CCCCO2)C1. The van der Waals surface area contributed by atoms with Crippen LogP contribution >= 0.6 is 11.6 Å². The van der Waals surface area contributed by atoms with Crippen LogP contribution in [0.4, 0.5) is 4.39 Å². The third kappa shape index (κ3) is 6.00. The van der Waals surface area contributed by atoms with Gasteiger partial charge in [-0.1, -0.05) is 35.9 Å². The molecule has 0 saturated carbocycles. The van der Waals surface area contributed by atoms with Crippen molar-refractivity contribution in [3.8, 4) is 22.6 Å². The minimum atomic E-state index is -0.317. The van der Waals surface area contributed by atoms with E-state index in [1.54, 1.807) is 17.0 Å². The zero-order chi connectivity index (χ0) is 24.9. The molecule has 0 aromatic heterocycles. The van der Waals surface area contributed by atoms with E-state index >= 15 is 0 Å². The quantitative estimate of drug-likeness (QED) is 0.405. The number of benzene rings is 3. The lowest BCUT2D eigenvalue weighted by Crippen LogP contribution is -2.33. The van der Waals surface area contributed by atoms with Crippen molar-refractivity contribution in [2.75, 3.05) is 26.4 Å². The molecule has 0 aliphatic carbocycles. The van der Waals surface area contributed by atoms with Gasteiger partial charge in [-0.2, -0.15) is 0 Å². The molecule has 3 aromatic carbocycles. The van der Waals surface area contributed by atoms with Crippen LogP contribution in [0.2, 0.25) is 5.02 Å². The summed E-state index contributed by atoms with van der Waals surface area (Å²) in [4.78, 5) is 14.9. The van der Waals surface area contributed by atoms with Gasteiger partial charge in [-0.3, -0.25) is 4.79 Å². The van der Waals surface area contributed by atoms with Crippen molar-refractivity contribution in [3.63, 3.8) is 0 Å². The standard InChI is InChI=1S/C29H29ClFNO4/c30-24-5-3-4-21(16-24)22-15-23-18-32(28(33)14-20-7-9-25(31)10-8-20)11-13-35-29(23)27(17-22)36-19-26-6-1-2-12-34-26/h3-5,7-10,15-17,26H,1-2,6,11-14,18-19H2/t26-/m1/s1. The van der Waals surface area contributed by atoms with Gasteiger partial charge in [0.2, 0.25) is 5.91 Å². The predicted octanol–water partition coefficient (Wildman–Crippen LogP) is 6.06. The number of rotatable bonds is 6. The lowest BCUT2D eigenvalue weighted by atomic mass is 10.0. The van der Waals surface area contributed by atoms with Gasteiger partial charge in [-0.05, 0) is 72.4 Å². The number of fused-ring (bicyclic) bond motifs is 1. The highest BCUT2D eigenvalue weighted by molar-refractivity contribution is 6.30. The maximum absolute atomic E-state index is 13.3. The van der Waals surface area contributed by atoms with Gasteiger partial charge in [0.05, 0.1) is 19.1 Å². The van der Waals surface area contributed by atoms with E-state index < -0.39 is 0 Å². The van der Waals surface area contributed by atoms with E-state index in [9.17, 15) is 9.18 Å². The molecule has 2 aliphatic heterocycles. The highest BCUT2D eigenvalue weighted by Crippen LogP contribution is 2.39. The number of hydrogen-bond acceptors (Lipinski definition) is 4. The van der Waals surface area contributed by atoms with Crippen molar-refractivity contribution in [1.29, 1.82) is 0 Å². The maximum atomic E-state index is 13.3. The van der Waals surface area contributed by atoms with E-state index in [2.05, 4.69) is 0 Å². The lowest BCUT2D eigenvalue weighted by molar-refractivity contribution is -0.131. The molecule has 2 aliphatic rings. The number of ether oxygens (including phenoxy) is 3. The van der Waals surface area contributed by atoms with Gasteiger partial charge >= 0.3 is 0 Å². The highest BCUT2D eigenvalue weighted by atomic mass is 35.5. The normalized spacial score (nSPS) is 17.6. The number of carbonyl (C=O) groups is 1. The van der Waals surface area contributed by atoms with E-state index in [0.29, 0.717) is 42.8 Å². The second kappa shape index (κ2) is 11.3. The molecule has 3 aromatic rings. The van der Waals surface area contributed by atoms with Crippen molar-refractivity contribution in [1.82, 2.24) is 4.90 Å². The molecule has 188 valence electrons. The zero-order valence-electron chi connectivity index (χ0n) is 20.1. The molecule has 1 amide bonds. The van der Waals surface area contributed by atoms with Gasteiger partial charge in [0, 0.05) is 23.7 Å². The Morgan fingerprint density at radius 1 is 1.06 bits per heavy atom. The summed E-state index contributed by atoms with van der Waals surface area (Å²) in [5.41, 5.74) is 3.54. The van der Waals surface area contributed by atoms with Crippen LogP contribution in [0.3, 0.4) is 0 Å². The molecule has 7 heteroatoms. The average Bonchev–Trinajstić information content (AvgIpc) is 3.12. The van der Waals surface area contributed by atoms with Crippen LogP contribution in [-0.4, -0.2) is 43.3 Å². The molecular weight excluding hydrogens is 481 g/mol. The van der Waals surface area contributed by atoms with Gasteiger partial charge in [0.15, 0.2) is 11.5 Å². The van der Waals surface area contributed by atoms with Gasteiger partial charge in [0.1, 0.15) is 19.0 Å². The van der Waals surface area contributed by atoms with Crippen LogP contribution in [0.25, 0.3) is 11.1 Å². The molecule has 0 radical (unpaired) electrons. The molecule has 1 saturated heterocycles. The molecule has 1 fully saturated rings. The molecule has 0 unspecified atom stereocenters. The van der Waals surface area contributed by atoms with E-state index in [1.807, 2.05) is 36.4 Å². The van der Waals surface area contributed by atoms with E-state index in [1.165, 1.54) is 12.1 Å². The maximum Gasteiger partial charge on any atom is 0.227 e. The van der Waals surface area contributed by atoms with Crippen LogP contribution in [-0.2, 0) is 22.5 Å². The number of nitrogens with zero attached hydrogens (tertiary/aromatic N) is 1. The summed E-state index contributed by atoms with van der Waals surface area (Å²) in [5.74, 6) is 0.949. The fourth-order valence-electron chi connectivity index (χ4n) is 4.65. The fourth-order valence-corrected chi connectivity index (χ4v) is 4.84. The zero-order valence-corrected chi connectivity index (χ0v) is 20.8. The Bertz CT molecular complexity index is 1210. The summed E-state index contributed by atoms with van der Waals surface area (Å²) >= 11 is 6.27. The molecule has 5 rings (SSSR count). The van der Waals surface area contributed by atoms with E-state index in [-0.39, 0.29) is 24.2 Å². The molecule has 5 nitrogen and oxygen atoms in total. The van der Waals surface area contributed by atoms with Gasteiger partial charge in [-0.25, -0.2) is 4.39 Å². The van der Waals surface area contributed by atoms with Crippen molar-refractivity contribution in [2.45, 2.75) is 38.3 Å². The van der Waals surface area contributed by atoms with Gasteiger partial charge in [0.25, 0.3) is 0 Å². The molecule has 0 spiro atoms. The Labute approximate surface area is 215 Å². The minimum Gasteiger partial charge on any atom is -0.487 e. The van der Waals surface area contributed by atoms with Gasteiger partial charge in [-0.15, -0.1) is 0 Å². The third-order valence-corrected chi connectivity index (χ3v) is 6.81. The van der Waals surface area contributed by atoms with Crippen LogP contribution in [0.1, 0.15) is 30.4 Å². The number of halogens is 2. The number of amides is 1. The fraction of sp³-hybridized carbons (Fsp3) is 0.345. The summed E-state index contributed by atoms with van der Waals surface area (Å²) in [5, 5.41) is 0.646. The first-order chi connectivity index (χ1) is 17.5. The third-order valence-electron chi connectivity index (χ3n) is 6.58. The van der Waals surface area contributed by atoms with Crippen molar-refractivity contribution < 1.29 is 23.4 Å². The predicted molar refractivity (Wildman–Crippen MR) is 137 cm³/mol. The molecular formula is C29H29ClFNO4. The molecule has 0 bridgehead atoms. The Kier molecular flexibility index (Phi) is 7.73. The Balaban J connectivity index is 1.42. The Morgan fingerprint density at radius 2 is 1.92 bits per heavy atom. The molecule has 36 heavy (non-hydrogen) atoms. The smallest absolute Gasteiger partial charge is 0.227 e. The monoisotopic (exact) mass is 509 g/mol. The van der Waals surface area contributed by atoms with Crippen LogP contribution in [0.5, 0.6) is 11.5 Å². The summed E-state index contributed by atoms with van der Waals surface area (Å²) in [6, 6.07) is 17.7. The summed E-state index contributed by atoms with van der Waals surface area (Å²) in [6.45, 7) is 2.40. The summed E-state index contributed by atoms with van der Waals surface area (Å²) < 4.78 is 31.5. The largest absolute Gasteiger partial charge is 0.487 e.